The second kappa shape index (κ2) is 7.20. The highest BCUT2D eigenvalue weighted by Gasteiger charge is 2.20. The number of nitrogens with one attached hydrogen (secondary N) is 1. The molecule has 0 aliphatic carbocycles. The number of aliphatic hydroxyl groups is 1. The minimum atomic E-state index is -0.398. The molecule has 0 aliphatic rings. The first-order chi connectivity index (χ1) is 9.28. The van der Waals surface area contributed by atoms with Crippen LogP contribution in [0.3, 0.4) is 0 Å². The molecule has 4 heteroatoms. The van der Waals surface area contributed by atoms with Crippen molar-refractivity contribution in [3.8, 4) is 0 Å². The van der Waals surface area contributed by atoms with E-state index in [9.17, 15) is 14.3 Å². The van der Waals surface area contributed by atoms with Crippen LogP contribution in [0.15, 0.2) is 30.3 Å². The van der Waals surface area contributed by atoms with Gasteiger partial charge >= 0.3 is 0 Å². The summed E-state index contributed by atoms with van der Waals surface area (Å²) in [5.41, 5.74) is 0.472. The molecule has 0 saturated carbocycles. The molecule has 0 spiro atoms. The summed E-state index contributed by atoms with van der Waals surface area (Å²) in [5.74, 6) is -0.557. The highest BCUT2D eigenvalue weighted by atomic mass is 19.1. The van der Waals surface area contributed by atoms with Crippen molar-refractivity contribution in [3.63, 3.8) is 0 Å². The molecule has 0 aliphatic heterocycles. The van der Waals surface area contributed by atoms with Crippen molar-refractivity contribution in [2.45, 2.75) is 33.3 Å². The maximum Gasteiger partial charge on any atom is 0.244 e. The monoisotopic (exact) mass is 279 g/mol. The van der Waals surface area contributed by atoms with Crippen molar-refractivity contribution in [1.82, 2.24) is 5.32 Å². The topological polar surface area (TPSA) is 49.3 Å². The average Bonchev–Trinajstić information content (AvgIpc) is 2.32. The second-order valence-electron chi connectivity index (χ2n) is 5.82. The van der Waals surface area contributed by atoms with E-state index in [4.69, 9.17) is 0 Å². The van der Waals surface area contributed by atoms with Crippen molar-refractivity contribution in [3.05, 3.63) is 41.7 Å². The average molecular weight is 279 g/mol. The molecule has 110 valence electrons. The van der Waals surface area contributed by atoms with Gasteiger partial charge in [0, 0.05) is 12.6 Å². The Morgan fingerprint density at radius 3 is 2.80 bits per heavy atom. The third-order valence-electron chi connectivity index (χ3n) is 2.87. The van der Waals surface area contributed by atoms with Crippen LogP contribution < -0.4 is 5.32 Å². The SMILES string of the molecule is CC(O)CC(C)(C)CNC(=O)C=Cc1cccc(F)c1. The van der Waals surface area contributed by atoms with E-state index >= 15 is 0 Å². The summed E-state index contributed by atoms with van der Waals surface area (Å²) in [6, 6.07) is 6.04. The van der Waals surface area contributed by atoms with Gasteiger partial charge in [0.1, 0.15) is 5.82 Å². The summed E-state index contributed by atoms with van der Waals surface area (Å²) >= 11 is 0. The molecule has 1 unspecified atom stereocenters. The van der Waals surface area contributed by atoms with E-state index in [1.807, 2.05) is 13.8 Å². The Kier molecular flexibility index (Phi) is 5.89. The Morgan fingerprint density at radius 2 is 2.20 bits per heavy atom. The Hall–Kier alpha value is -1.68. The molecule has 0 heterocycles. The number of amides is 1. The number of hydrogen-bond donors (Lipinski definition) is 2. The third-order valence-corrected chi connectivity index (χ3v) is 2.87. The Morgan fingerprint density at radius 1 is 1.50 bits per heavy atom. The molecule has 1 atom stereocenters. The van der Waals surface area contributed by atoms with Crippen LogP contribution in [-0.4, -0.2) is 23.7 Å². The van der Waals surface area contributed by atoms with Crippen molar-refractivity contribution in [2.75, 3.05) is 6.54 Å². The first kappa shape index (κ1) is 16.4. The largest absolute Gasteiger partial charge is 0.393 e. The quantitative estimate of drug-likeness (QED) is 0.787. The fourth-order valence-electron chi connectivity index (χ4n) is 2.04. The predicted octanol–water partition coefficient (Wildman–Crippen LogP) is 2.75. The molecule has 1 amide bonds. The minimum Gasteiger partial charge on any atom is -0.393 e. The van der Waals surface area contributed by atoms with Crippen LogP contribution in [-0.2, 0) is 4.79 Å². The van der Waals surface area contributed by atoms with Gasteiger partial charge in [-0.3, -0.25) is 4.79 Å². The highest BCUT2D eigenvalue weighted by molar-refractivity contribution is 5.91. The van der Waals surface area contributed by atoms with E-state index in [2.05, 4.69) is 5.32 Å². The van der Waals surface area contributed by atoms with Crippen LogP contribution in [0.1, 0.15) is 32.8 Å². The smallest absolute Gasteiger partial charge is 0.244 e. The van der Waals surface area contributed by atoms with Crippen molar-refractivity contribution >= 4 is 12.0 Å². The summed E-state index contributed by atoms with van der Waals surface area (Å²) in [4.78, 5) is 11.7. The summed E-state index contributed by atoms with van der Waals surface area (Å²) in [7, 11) is 0. The Bertz CT molecular complexity index is 481. The van der Waals surface area contributed by atoms with Gasteiger partial charge in [-0.2, -0.15) is 0 Å². The number of carbonyl (C=O) groups excluding carboxylic acids is 1. The normalized spacial score (nSPS) is 13.4. The summed E-state index contributed by atoms with van der Waals surface area (Å²) < 4.78 is 13.0. The number of carbonyl (C=O) groups is 1. The van der Waals surface area contributed by atoms with E-state index < -0.39 is 6.10 Å². The van der Waals surface area contributed by atoms with E-state index in [0.29, 0.717) is 18.5 Å². The van der Waals surface area contributed by atoms with Crippen molar-refractivity contribution in [2.24, 2.45) is 5.41 Å². The molecular weight excluding hydrogens is 257 g/mol. The molecule has 20 heavy (non-hydrogen) atoms. The molecule has 1 rings (SSSR count). The number of halogens is 1. The summed E-state index contributed by atoms with van der Waals surface area (Å²) in [6.45, 7) is 6.17. The van der Waals surface area contributed by atoms with Gasteiger partial charge in [0.05, 0.1) is 6.10 Å². The zero-order valence-corrected chi connectivity index (χ0v) is 12.2. The lowest BCUT2D eigenvalue weighted by atomic mass is 9.87. The Labute approximate surface area is 119 Å². The Balaban J connectivity index is 2.48. The number of hydrogen-bond acceptors (Lipinski definition) is 2. The minimum absolute atomic E-state index is 0.170. The molecule has 0 radical (unpaired) electrons. The second-order valence-corrected chi connectivity index (χ2v) is 5.82. The molecule has 0 aromatic heterocycles. The third kappa shape index (κ3) is 6.48. The van der Waals surface area contributed by atoms with E-state index in [1.54, 1.807) is 25.1 Å². The molecule has 0 saturated heterocycles. The van der Waals surface area contributed by atoms with Gasteiger partial charge in [0.2, 0.25) is 5.91 Å². The molecule has 0 bridgehead atoms. The van der Waals surface area contributed by atoms with Crippen molar-refractivity contribution in [1.29, 1.82) is 0 Å². The van der Waals surface area contributed by atoms with Gasteiger partial charge in [0.15, 0.2) is 0 Å². The van der Waals surface area contributed by atoms with Gasteiger partial charge < -0.3 is 10.4 Å². The molecule has 1 aromatic rings. The van der Waals surface area contributed by atoms with Crippen LogP contribution in [0.2, 0.25) is 0 Å². The van der Waals surface area contributed by atoms with Gasteiger partial charge in [0.25, 0.3) is 0 Å². The van der Waals surface area contributed by atoms with E-state index in [-0.39, 0.29) is 17.1 Å². The lowest BCUT2D eigenvalue weighted by molar-refractivity contribution is -0.117. The number of rotatable bonds is 6. The lowest BCUT2D eigenvalue weighted by Crippen LogP contribution is -2.34. The van der Waals surface area contributed by atoms with Crippen LogP contribution in [0, 0.1) is 11.2 Å². The van der Waals surface area contributed by atoms with Gasteiger partial charge in [-0.1, -0.05) is 26.0 Å². The summed E-state index contributed by atoms with van der Waals surface area (Å²) in [5, 5.41) is 12.2. The highest BCUT2D eigenvalue weighted by Crippen LogP contribution is 2.20. The summed E-state index contributed by atoms with van der Waals surface area (Å²) in [6.07, 6.45) is 3.17. The van der Waals surface area contributed by atoms with Crippen LogP contribution >= 0.6 is 0 Å². The first-order valence-electron chi connectivity index (χ1n) is 6.68. The lowest BCUT2D eigenvalue weighted by Gasteiger charge is -2.26. The maximum atomic E-state index is 13.0. The number of aliphatic hydroxyl groups excluding tert-OH is 1. The van der Waals surface area contributed by atoms with Gasteiger partial charge in [-0.05, 0) is 42.5 Å². The van der Waals surface area contributed by atoms with Gasteiger partial charge in [-0.25, -0.2) is 4.39 Å². The molecule has 2 N–H and O–H groups in total. The number of benzene rings is 1. The van der Waals surface area contributed by atoms with Crippen LogP contribution in [0.5, 0.6) is 0 Å². The fraction of sp³-hybridized carbons (Fsp3) is 0.438. The van der Waals surface area contributed by atoms with E-state index in [0.717, 1.165) is 0 Å². The zero-order valence-electron chi connectivity index (χ0n) is 12.2. The predicted molar refractivity (Wildman–Crippen MR) is 78.5 cm³/mol. The van der Waals surface area contributed by atoms with Crippen LogP contribution in [0.4, 0.5) is 4.39 Å². The standard InChI is InChI=1S/C16H22FNO2/c1-12(19)10-16(2,3)11-18-15(20)8-7-13-5-4-6-14(17)9-13/h4-9,12,19H,10-11H2,1-3H3,(H,18,20). The van der Waals surface area contributed by atoms with Gasteiger partial charge in [-0.15, -0.1) is 0 Å². The fourth-order valence-corrected chi connectivity index (χ4v) is 2.04. The van der Waals surface area contributed by atoms with Crippen molar-refractivity contribution < 1.29 is 14.3 Å². The van der Waals surface area contributed by atoms with E-state index in [1.165, 1.54) is 18.2 Å². The molecular formula is C16H22FNO2. The zero-order chi connectivity index (χ0) is 15.2. The first-order valence-corrected chi connectivity index (χ1v) is 6.68. The maximum absolute atomic E-state index is 13.0. The van der Waals surface area contributed by atoms with Crippen LogP contribution in [0.25, 0.3) is 6.08 Å². The molecule has 3 nitrogen and oxygen atoms in total. The molecule has 1 aromatic carbocycles. The molecule has 0 fully saturated rings.